The molecule has 0 saturated carbocycles. The summed E-state index contributed by atoms with van der Waals surface area (Å²) in [6.45, 7) is 7.08. The second kappa shape index (κ2) is 4.01. The van der Waals surface area contributed by atoms with Crippen molar-refractivity contribution in [1.82, 2.24) is 4.98 Å². The van der Waals surface area contributed by atoms with E-state index in [9.17, 15) is 0 Å². The highest BCUT2D eigenvalue weighted by Gasteiger charge is 2.09. The third kappa shape index (κ3) is 2.05. The first kappa shape index (κ1) is 9.68. The van der Waals surface area contributed by atoms with Gasteiger partial charge in [-0.05, 0) is 12.8 Å². The maximum absolute atomic E-state index is 5.02. The lowest BCUT2D eigenvalue weighted by molar-refractivity contribution is 0.184. The van der Waals surface area contributed by atoms with Crippen molar-refractivity contribution < 1.29 is 4.74 Å². The van der Waals surface area contributed by atoms with Gasteiger partial charge < -0.3 is 4.74 Å². The molecule has 0 spiro atoms. The Hall–Kier alpha value is -0.410. The fourth-order valence-electron chi connectivity index (χ4n) is 1.19. The van der Waals surface area contributed by atoms with Crippen LogP contribution in [0, 0.1) is 6.92 Å². The molecule has 2 nitrogen and oxygen atoms in total. The van der Waals surface area contributed by atoms with Gasteiger partial charge in [0.1, 0.15) is 5.01 Å². The summed E-state index contributed by atoms with van der Waals surface area (Å²) >= 11 is 1.76. The van der Waals surface area contributed by atoms with E-state index in [0.717, 1.165) is 10.7 Å². The molecular weight excluding hydrogens is 170 g/mol. The molecule has 0 aliphatic rings. The Kier molecular flexibility index (Phi) is 3.23. The number of thiazole rings is 1. The van der Waals surface area contributed by atoms with Crippen LogP contribution in [0.2, 0.25) is 0 Å². The first-order valence-corrected chi connectivity index (χ1v) is 4.92. The summed E-state index contributed by atoms with van der Waals surface area (Å²) in [6.07, 6.45) is 0. The van der Waals surface area contributed by atoms with Gasteiger partial charge in [0.25, 0.3) is 0 Å². The molecule has 0 aliphatic carbocycles. The number of methoxy groups -OCH3 is 1. The minimum absolute atomic E-state index is 0.577. The van der Waals surface area contributed by atoms with Crippen molar-refractivity contribution in [3.8, 4) is 0 Å². The standard InChI is InChI=1S/C9H15NOS/c1-6(2)9-7(3)10-8(12-9)5-11-4/h6H,5H2,1-4H3. The largest absolute Gasteiger partial charge is 0.378 e. The van der Waals surface area contributed by atoms with Crippen molar-refractivity contribution in [3.63, 3.8) is 0 Å². The SMILES string of the molecule is COCc1nc(C)c(C(C)C)s1. The van der Waals surface area contributed by atoms with E-state index in [2.05, 4.69) is 25.8 Å². The van der Waals surface area contributed by atoms with Gasteiger partial charge in [0.15, 0.2) is 0 Å². The predicted octanol–water partition coefficient (Wildman–Crippen LogP) is 2.72. The van der Waals surface area contributed by atoms with Crippen LogP contribution in [0.5, 0.6) is 0 Å². The van der Waals surface area contributed by atoms with Crippen molar-refractivity contribution in [2.24, 2.45) is 0 Å². The smallest absolute Gasteiger partial charge is 0.119 e. The van der Waals surface area contributed by atoms with Crippen LogP contribution < -0.4 is 0 Å². The normalized spacial score (nSPS) is 11.1. The molecule has 0 aliphatic heterocycles. The average Bonchev–Trinajstić information content (AvgIpc) is 2.32. The van der Waals surface area contributed by atoms with Gasteiger partial charge in [-0.3, -0.25) is 0 Å². The van der Waals surface area contributed by atoms with Crippen molar-refractivity contribution in [2.75, 3.05) is 7.11 Å². The first-order chi connectivity index (χ1) is 5.65. The number of nitrogens with zero attached hydrogens (tertiary/aromatic N) is 1. The Bertz CT molecular complexity index is 255. The molecule has 0 N–H and O–H groups in total. The van der Waals surface area contributed by atoms with Crippen LogP contribution >= 0.6 is 11.3 Å². The third-order valence-electron chi connectivity index (χ3n) is 1.67. The van der Waals surface area contributed by atoms with E-state index in [-0.39, 0.29) is 0 Å². The van der Waals surface area contributed by atoms with Gasteiger partial charge in [-0.1, -0.05) is 13.8 Å². The second-order valence-corrected chi connectivity index (χ2v) is 4.26. The van der Waals surface area contributed by atoms with E-state index in [1.807, 2.05) is 0 Å². The van der Waals surface area contributed by atoms with E-state index >= 15 is 0 Å². The van der Waals surface area contributed by atoms with Gasteiger partial charge >= 0.3 is 0 Å². The monoisotopic (exact) mass is 185 g/mol. The molecule has 3 heteroatoms. The molecule has 0 bridgehead atoms. The highest BCUT2D eigenvalue weighted by Crippen LogP contribution is 2.26. The topological polar surface area (TPSA) is 22.1 Å². The molecule has 0 aromatic carbocycles. The third-order valence-corrected chi connectivity index (χ3v) is 3.10. The summed E-state index contributed by atoms with van der Waals surface area (Å²) in [5, 5.41) is 1.08. The fourth-order valence-corrected chi connectivity index (χ4v) is 2.23. The number of hydrogen-bond acceptors (Lipinski definition) is 3. The van der Waals surface area contributed by atoms with Gasteiger partial charge in [0.2, 0.25) is 0 Å². The Morgan fingerprint density at radius 3 is 2.58 bits per heavy atom. The predicted molar refractivity (Wildman–Crippen MR) is 51.7 cm³/mol. The maximum Gasteiger partial charge on any atom is 0.119 e. The second-order valence-electron chi connectivity index (χ2n) is 3.14. The first-order valence-electron chi connectivity index (χ1n) is 4.10. The van der Waals surface area contributed by atoms with Crippen LogP contribution in [0.15, 0.2) is 0 Å². The number of aryl methyl sites for hydroxylation is 1. The summed E-state index contributed by atoms with van der Waals surface area (Å²) in [5.74, 6) is 0.577. The van der Waals surface area contributed by atoms with E-state index in [1.165, 1.54) is 4.88 Å². The molecule has 1 aromatic rings. The van der Waals surface area contributed by atoms with E-state index in [0.29, 0.717) is 12.5 Å². The molecule has 12 heavy (non-hydrogen) atoms. The maximum atomic E-state index is 5.02. The van der Waals surface area contributed by atoms with Crippen LogP contribution in [0.1, 0.15) is 35.3 Å². The average molecular weight is 185 g/mol. The van der Waals surface area contributed by atoms with Crippen molar-refractivity contribution in [3.05, 3.63) is 15.6 Å². The van der Waals surface area contributed by atoms with Crippen LogP contribution in [0.4, 0.5) is 0 Å². The zero-order valence-corrected chi connectivity index (χ0v) is 8.86. The summed E-state index contributed by atoms with van der Waals surface area (Å²) in [5.41, 5.74) is 1.15. The van der Waals surface area contributed by atoms with Crippen LogP contribution in [0.25, 0.3) is 0 Å². The molecule has 1 rings (SSSR count). The highest BCUT2D eigenvalue weighted by atomic mass is 32.1. The Labute approximate surface area is 77.6 Å². The minimum atomic E-state index is 0.577. The molecule has 0 radical (unpaired) electrons. The summed E-state index contributed by atoms with van der Waals surface area (Å²) in [4.78, 5) is 5.79. The molecule has 1 aromatic heterocycles. The summed E-state index contributed by atoms with van der Waals surface area (Å²) in [7, 11) is 1.70. The molecule has 0 saturated heterocycles. The lowest BCUT2D eigenvalue weighted by Crippen LogP contribution is -1.86. The molecule has 0 fully saturated rings. The van der Waals surface area contributed by atoms with E-state index in [1.54, 1.807) is 18.4 Å². The zero-order valence-electron chi connectivity index (χ0n) is 8.05. The highest BCUT2D eigenvalue weighted by molar-refractivity contribution is 7.11. The van der Waals surface area contributed by atoms with E-state index in [4.69, 9.17) is 4.74 Å². The molecule has 0 atom stereocenters. The molecular formula is C9H15NOS. The lowest BCUT2D eigenvalue weighted by Gasteiger charge is -1.99. The zero-order chi connectivity index (χ0) is 9.14. The number of rotatable bonds is 3. The van der Waals surface area contributed by atoms with Gasteiger partial charge in [-0.15, -0.1) is 11.3 Å². The summed E-state index contributed by atoms with van der Waals surface area (Å²) < 4.78 is 5.02. The van der Waals surface area contributed by atoms with Gasteiger partial charge in [0, 0.05) is 12.0 Å². The van der Waals surface area contributed by atoms with Crippen LogP contribution in [-0.4, -0.2) is 12.1 Å². The molecule has 68 valence electrons. The Balaban J connectivity index is 2.85. The van der Waals surface area contributed by atoms with Crippen LogP contribution in [0.3, 0.4) is 0 Å². The minimum Gasteiger partial charge on any atom is -0.378 e. The molecule has 1 heterocycles. The number of ether oxygens (including phenoxy) is 1. The number of hydrogen-bond donors (Lipinski definition) is 0. The van der Waals surface area contributed by atoms with Gasteiger partial charge in [-0.25, -0.2) is 4.98 Å². The van der Waals surface area contributed by atoms with Gasteiger partial charge in [-0.2, -0.15) is 0 Å². The van der Waals surface area contributed by atoms with Crippen molar-refractivity contribution >= 4 is 11.3 Å². The fraction of sp³-hybridized carbons (Fsp3) is 0.667. The Morgan fingerprint density at radius 2 is 2.17 bits per heavy atom. The summed E-state index contributed by atoms with van der Waals surface area (Å²) in [6, 6.07) is 0. The molecule has 0 unspecified atom stereocenters. The quantitative estimate of drug-likeness (QED) is 0.722. The lowest BCUT2D eigenvalue weighted by atomic mass is 10.1. The van der Waals surface area contributed by atoms with Crippen molar-refractivity contribution in [1.29, 1.82) is 0 Å². The van der Waals surface area contributed by atoms with Gasteiger partial charge in [0.05, 0.1) is 12.3 Å². The van der Waals surface area contributed by atoms with E-state index < -0.39 is 0 Å². The Morgan fingerprint density at radius 1 is 1.50 bits per heavy atom. The molecule has 0 amide bonds. The van der Waals surface area contributed by atoms with Crippen molar-refractivity contribution in [2.45, 2.75) is 33.3 Å². The van der Waals surface area contributed by atoms with Crippen LogP contribution in [-0.2, 0) is 11.3 Å². The number of aromatic nitrogens is 1.